The van der Waals surface area contributed by atoms with Crippen LogP contribution in [0.4, 0.5) is 0 Å². The molecule has 1 saturated carbocycles. The maximum Gasteiger partial charge on any atom is 0.246 e. The van der Waals surface area contributed by atoms with Crippen LogP contribution in [-0.4, -0.2) is 41.4 Å². The van der Waals surface area contributed by atoms with Crippen LogP contribution in [0.1, 0.15) is 37.3 Å². The maximum absolute atomic E-state index is 12.6. The lowest BCUT2D eigenvalue weighted by atomic mass is 10.2. The Morgan fingerprint density at radius 2 is 2.05 bits per heavy atom. The summed E-state index contributed by atoms with van der Waals surface area (Å²) in [5.41, 5.74) is 1.82. The number of carbonyl (C=O) groups excluding carboxylic acids is 1. The summed E-state index contributed by atoms with van der Waals surface area (Å²) in [5.74, 6) is 1.76. The van der Waals surface area contributed by atoms with E-state index in [9.17, 15) is 4.79 Å². The Morgan fingerprint density at radius 3 is 2.67 bits per heavy atom. The minimum atomic E-state index is -0.255. The molecular weight excluding hydrogens is 268 g/mol. The van der Waals surface area contributed by atoms with Crippen LogP contribution in [-0.2, 0) is 18.4 Å². The van der Waals surface area contributed by atoms with E-state index in [1.54, 1.807) is 4.68 Å². The number of hydrogen-bond acceptors (Lipinski definition) is 4. The van der Waals surface area contributed by atoms with E-state index in [-0.39, 0.29) is 11.9 Å². The Bertz CT molecular complexity index is 726. The minimum Gasteiger partial charge on any atom is -0.330 e. The van der Waals surface area contributed by atoms with Gasteiger partial charge in [-0.3, -0.25) is 14.0 Å². The van der Waals surface area contributed by atoms with Crippen LogP contribution in [0, 0.1) is 6.92 Å². The molecule has 3 heterocycles. The molecule has 1 atom stereocenters. The molecule has 1 unspecified atom stereocenters. The number of rotatable bonds is 2. The van der Waals surface area contributed by atoms with E-state index in [4.69, 9.17) is 0 Å². The number of carbonyl (C=O) groups is 1. The van der Waals surface area contributed by atoms with Crippen molar-refractivity contribution in [3.05, 3.63) is 17.6 Å². The highest BCUT2D eigenvalue weighted by atomic mass is 16.2. The van der Waals surface area contributed by atoms with E-state index >= 15 is 0 Å². The Balaban J connectivity index is 1.80. The predicted octanol–water partition coefficient (Wildman–Crippen LogP) is 1.05. The van der Waals surface area contributed by atoms with Crippen molar-refractivity contribution in [1.29, 1.82) is 0 Å². The van der Waals surface area contributed by atoms with Crippen molar-refractivity contribution in [3.63, 3.8) is 0 Å². The molecule has 0 saturated heterocycles. The number of nitrogens with zero attached hydrogens (tertiary/aromatic N) is 6. The van der Waals surface area contributed by atoms with Crippen molar-refractivity contribution in [2.24, 2.45) is 7.05 Å². The van der Waals surface area contributed by atoms with E-state index in [0.717, 1.165) is 35.9 Å². The standard InChI is InChI=1S/C14H18N6O/c1-8-6-11(18(3)17-8)13-16-15-12-7-19(10-4-5-10)14(21)9(2)20(12)13/h6,9-10H,4-5,7H2,1-3H3. The van der Waals surface area contributed by atoms with Gasteiger partial charge in [-0.05, 0) is 32.8 Å². The molecule has 0 bridgehead atoms. The zero-order chi connectivity index (χ0) is 14.7. The van der Waals surface area contributed by atoms with Crippen molar-refractivity contribution < 1.29 is 4.79 Å². The monoisotopic (exact) mass is 286 g/mol. The molecule has 2 aromatic heterocycles. The maximum atomic E-state index is 12.6. The summed E-state index contributed by atoms with van der Waals surface area (Å²) in [6, 6.07) is 2.13. The quantitative estimate of drug-likeness (QED) is 0.827. The van der Waals surface area contributed by atoms with E-state index < -0.39 is 0 Å². The van der Waals surface area contributed by atoms with Crippen molar-refractivity contribution in [1.82, 2.24) is 29.4 Å². The van der Waals surface area contributed by atoms with E-state index in [0.29, 0.717) is 12.6 Å². The first-order valence-electron chi connectivity index (χ1n) is 7.31. The lowest BCUT2D eigenvalue weighted by Crippen LogP contribution is -2.43. The Kier molecular flexibility index (Phi) is 2.49. The molecule has 7 heteroatoms. The summed E-state index contributed by atoms with van der Waals surface area (Å²) in [6.07, 6.45) is 2.22. The van der Waals surface area contributed by atoms with Gasteiger partial charge < -0.3 is 4.90 Å². The second kappa shape index (κ2) is 4.16. The fourth-order valence-electron chi connectivity index (χ4n) is 3.11. The third-order valence-corrected chi connectivity index (χ3v) is 4.32. The van der Waals surface area contributed by atoms with Crippen LogP contribution in [0.5, 0.6) is 0 Å². The van der Waals surface area contributed by atoms with Gasteiger partial charge >= 0.3 is 0 Å². The van der Waals surface area contributed by atoms with E-state index in [2.05, 4.69) is 15.3 Å². The average Bonchev–Trinajstić information content (AvgIpc) is 3.11. The average molecular weight is 286 g/mol. The molecule has 0 radical (unpaired) electrons. The molecule has 4 rings (SSSR count). The summed E-state index contributed by atoms with van der Waals surface area (Å²) in [6.45, 7) is 4.44. The number of amides is 1. The number of aromatic nitrogens is 5. The van der Waals surface area contributed by atoms with Gasteiger partial charge in [-0.1, -0.05) is 0 Å². The fraction of sp³-hybridized carbons (Fsp3) is 0.571. The molecule has 1 fully saturated rings. The van der Waals surface area contributed by atoms with Crippen LogP contribution < -0.4 is 0 Å². The molecule has 0 N–H and O–H groups in total. The van der Waals surface area contributed by atoms with Crippen molar-refractivity contribution in [3.8, 4) is 11.5 Å². The summed E-state index contributed by atoms with van der Waals surface area (Å²) in [7, 11) is 1.88. The fourth-order valence-corrected chi connectivity index (χ4v) is 3.11. The largest absolute Gasteiger partial charge is 0.330 e. The van der Waals surface area contributed by atoms with E-state index in [1.165, 1.54) is 0 Å². The molecule has 1 aliphatic heterocycles. The van der Waals surface area contributed by atoms with Crippen LogP contribution in [0.25, 0.3) is 11.5 Å². The molecule has 1 amide bonds. The second-order valence-electron chi connectivity index (χ2n) is 5.98. The zero-order valence-corrected chi connectivity index (χ0v) is 12.4. The molecule has 21 heavy (non-hydrogen) atoms. The number of hydrogen-bond donors (Lipinski definition) is 0. The van der Waals surface area contributed by atoms with Crippen LogP contribution in [0.2, 0.25) is 0 Å². The van der Waals surface area contributed by atoms with Gasteiger partial charge in [0.1, 0.15) is 11.7 Å². The summed E-state index contributed by atoms with van der Waals surface area (Å²) < 4.78 is 3.74. The van der Waals surface area contributed by atoms with Crippen molar-refractivity contribution in [2.75, 3.05) is 0 Å². The van der Waals surface area contributed by atoms with Crippen molar-refractivity contribution >= 4 is 5.91 Å². The van der Waals surface area contributed by atoms with Crippen LogP contribution in [0.15, 0.2) is 6.07 Å². The zero-order valence-electron chi connectivity index (χ0n) is 12.4. The highest BCUT2D eigenvalue weighted by Crippen LogP contribution is 2.35. The van der Waals surface area contributed by atoms with Gasteiger partial charge in [0.05, 0.1) is 12.2 Å². The Labute approximate surface area is 122 Å². The lowest BCUT2D eigenvalue weighted by Gasteiger charge is -2.32. The predicted molar refractivity (Wildman–Crippen MR) is 75.2 cm³/mol. The summed E-state index contributed by atoms with van der Waals surface area (Å²) in [4.78, 5) is 14.5. The molecule has 110 valence electrons. The van der Waals surface area contributed by atoms with Gasteiger partial charge in [0.25, 0.3) is 0 Å². The van der Waals surface area contributed by atoms with Gasteiger partial charge in [0.2, 0.25) is 5.91 Å². The summed E-state index contributed by atoms with van der Waals surface area (Å²) in [5, 5.41) is 13.0. The molecule has 0 spiro atoms. The molecule has 7 nitrogen and oxygen atoms in total. The van der Waals surface area contributed by atoms with Crippen LogP contribution >= 0.6 is 0 Å². The summed E-state index contributed by atoms with van der Waals surface area (Å²) >= 11 is 0. The number of fused-ring (bicyclic) bond motifs is 1. The molecule has 1 aliphatic carbocycles. The van der Waals surface area contributed by atoms with Gasteiger partial charge in [-0.25, -0.2) is 0 Å². The topological polar surface area (TPSA) is 68.8 Å². The smallest absolute Gasteiger partial charge is 0.246 e. The molecular formula is C14H18N6O. The molecule has 0 aromatic carbocycles. The van der Waals surface area contributed by atoms with Gasteiger partial charge in [-0.15, -0.1) is 10.2 Å². The molecule has 2 aromatic rings. The van der Waals surface area contributed by atoms with Gasteiger partial charge in [-0.2, -0.15) is 5.10 Å². The van der Waals surface area contributed by atoms with Crippen molar-refractivity contribution in [2.45, 2.75) is 45.3 Å². The SMILES string of the molecule is Cc1cc(-c2nnc3n2C(C)C(=O)N(C2CC2)C3)n(C)n1. The van der Waals surface area contributed by atoms with E-state index in [1.807, 2.05) is 36.4 Å². The van der Waals surface area contributed by atoms with Crippen LogP contribution in [0.3, 0.4) is 0 Å². The van der Waals surface area contributed by atoms with Gasteiger partial charge in [0.15, 0.2) is 11.6 Å². The van der Waals surface area contributed by atoms with Gasteiger partial charge in [0, 0.05) is 13.1 Å². The first-order valence-corrected chi connectivity index (χ1v) is 7.31. The highest BCUT2D eigenvalue weighted by molar-refractivity contribution is 5.82. The normalized spacial score (nSPS) is 21.8. The Hall–Kier alpha value is -2.18. The first kappa shape index (κ1) is 12.6. The highest BCUT2D eigenvalue weighted by Gasteiger charge is 2.41. The Morgan fingerprint density at radius 1 is 1.29 bits per heavy atom. The number of aryl methyl sites for hydroxylation is 2. The first-order chi connectivity index (χ1) is 10.1. The third-order valence-electron chi connectivity index (χ3n) is 4.32. The third kappa shape index (κ3) is 1.80. The molecule has 2 aliphatic rings. The second-order valence-corrected chi connectivity index (χ2v) is 5.98. The minimum absolute atomic E-state index is 0.171. The lowest BCUT2D eigenvalue weighted by molar-refractivity contribution is -0.137.